The summed E-state index contributed by atoms with van der Waals surface area (Å²) < 4.78 is 0. The monoisotopic (exact) mass is 337 g/mol. The van der Waals surface area contributed by atoms with Crippen LogP contribution in [0.3, 0.4) is 0 Å². The smallest absolute Gasteiger partial charge is 0.274 e. The van der Waals surface area contributed by atoms with Gasteiger partial charge in [-0.25, -0.2) is 9.97 Å². The molecule has 0 radical (unpaired) electrons. The molecular weight excluding hydrogens is 318 g/mol. The summed E-state index contributed by atoms with van der Waals surface area (Å²) in [6.45, 7) is 0. The van der Waals surface area contributed by atoms with Gasteiger partial charge in [0.1, 0.15) is 11.5 Å². The number of nitrogens with one attached hydrogen (secondary N) is 2. The van der Waals surface area contributed by atoms with Crippen LogP contribution in [0.15, 0.2) is 36.5 Å². The Morgan fingerprint density at radius 1 is 1.32 bits per heavy atom. The summed E-state index contributed by atoms with van der Waals surface area (Å²) in [7, 11) is 0. The Bertz CT molecular complexity index is 847. The van der Waals surface area contributed by atoms with Crippen LogP contribution in [0.5, 0.6) is 0 Å². The van der Waals surface area contributed by atoms with E-state index in [0.717, 1.165) is 24.8 Å². The van der Waals surface area contributed by atoms with Crippen molar-refractivity contribution in [1.29, 1.82) is 0 Å². The molecule has 1 aliphatic carbocycles. The molecule has 2 aliphatic rings. The lowest BCUT2D eigenvalue weighted by Crippen LogP contribution is -2.24. The van der Waals surface area contributed by atoms with Crippen molar-refractivity contribution in [3.8, 4) is 0 Å². The van der Waals surface area contributed by atoms with E-state index in [1.807, 2.05) is 24.3 Å². The molecule has 2 amide bonds. The Labute approximate surface area is 145 Å². The van der Waals surface area contributed by atoms with Crippen molar-refractivity contribution in [2.75, 3.05) is 5.32 Å². The van der Waals surface area contributed by atoms with Gasteiger partial charge >= 0.3 is 0 Å². The minimum absolute atomic E-state index is 0.00182. The normalized spacial score (nSPS) is 20.8. The van der Waals surface area contributed by atoms with Crippen LogP contribution in [0.2, 0.25) is 0 Å². The van der Waals surface area contributed by atoms with Gasteiger partial charge in [-0.1, -0.05) is 12.1 Å². The second-order valence-electron chi connectivity index (χ2n) is 6.66. The van der Waals surface area contributed by atoms with Crippen LogP contribution in [0.25, 0.3) is 0 Å². The average molecular weight is 337 g/mol. The first-order valence-corrected chi connectivity index (χ1v) is 8.37. The van der Waals surface area contributed by atoms with E-state index in [1.54, 1.807) is 12.3 Å². The summed E-state index contributed by atoms with van der Waals surface area (Å²) >= 11 is 0. The molecule has 1 unspecified atom stereocenters. The maximum atomic E-state index is 12.5. The van der Waals surface area contributed by atoms with Crippen LogP contribution in [0.1, 0.15) is 53.6 Å². The zero-order valence-corrected chi connectivity index (χ0v) is 13.7. The number of anilines is 1. The van der Waals surface area contributed by atoms with E-state index in [9.17, 15) is 9.59 Å². The van der Waals surface area contributed by atoms with Crippen molar-refractivity contribution in [2.24, 2.45) is 5.73 Å². The molecule has 4 N–H and O–H groups in total. The summed E-state index contributed by atoms with van der Waals surface area (Å²) in [5, 5.41) is 5.78. The molecule has 2 aromatic rings. The van der Waals surface area contributed by atoms with E-state index in [1.165, 1.54) is 0 Å². The van der Waals surface area contributed by atoms with Crippen LogP contribution in [0.4, 0.5) is 5.69 Å². The van der Waals surface area contributed by atoms with E-state index in [0.29, 0.717) is 23.6 Å². The average Bonchev–Trinajstić information content (AvgIpc) is 3.23. The van der Waals surface area contributed by atoms with Gasteiger partial charge < -0.3 is 16.4 Å². The fourth-order valence-electron chi connectivity index (χ4n) is 2.98. The van der Waals surface area contributed by atoms with E-state index in [2.05, 4.69) is 20.6 Å². The highest BCUT2D eigenvalue weighted by Crippen LogP contribution is 2.40. The Kier molecular flexibility index (Phi) is 3.73. The molecule has 0 bridgehead atoms. The van der Waals surface area contributed by atoms with Crippen molar-refractivity contribution < 1.29 is 9.59 Å². The minimum atomic E-state index is -0.475. The van der Waals surface area contributed by atoms with Gasteiger partial charge in [0.05, 0.1) is 11.6 Å². The molecule has 1 atom stereocenters. The number of hydrogen-bond acceptors (Lipinski definition) is 5. The molecule has 1 aromatic carbocycles. The van der Waals surface area contributed by atoms with Crippen molar-refractivity contribution in [2.45, 2.75) is 37.3 Å². The van der Waals surface area contributed by atoms with Crippen LogP contribution in [-0.2, 0) is 10.3 Å². The zero-order chi connectivity index (χ0) is 17.4. The number of amides is 2. The Hall–Kier alpha value is -2.80. The van der Waals surface area contributed by atoms with Gasteiger partial charge in [0.2, 0.25) is 5.91 Å². The van der Waals surface area contributed by atoms with E-state index >= 15 is 0 Å². The number of aromatic nitrogens is 2. The molecule has 2 heterocycles. The Morgan fingerprint density at radius 2 is 2.16 bits per heavy atom. The first kappa shape index (κ1) is 15.7. The summed E-state index contributed by atoms with van der Waals surface area (Å²) in [5.74, 6) is 0.270. The maximum Gasteiger partial charge on any atom is 0.274 e. The number of hydrogen-bond donors (Lipinski definition) is 3. The quantitative estimate of drug-likeness (QED) is 0.785. The van der Waals surface area contributed by atoms with E-state index in [4.69, 9.17) is 5.73 Å². The highest BCUT2D eigenvalue weighted by atomic mass is 16.2. The van der Waals surface area contributed by atoms with Crippen molar-refractivity contribution in [3.05, 3.63) is 53.6 Å². The molecule has 7 heteroatoms. The van der Waals surface area contributed by atoms with E-state index < -0.39 is 5.54 Å². The highest BCUT2D eigenvalue weighted by Gasteiger charge is 2.43. The number of benzene rings is 1. The number of nitrogens with two attached hydrogens (primary N) is 1. The molecule has 25 heavy (non-hydrogen) atoms. The van der Waals surface area contributed by atoms with Gasteiger partial charge in [0.25, 0.3) is 5.91 Å². The minimum Gasteiger partial charge on any atom is -0.349 e. The van der Waals surface area contributed by atoms with Gasteiger partial charge in [0, 0.05) is 18.3 Å². The molecule has 128 valence electrons. The predicted octanol–water partition coefficient (Wildman–Crippen LogP) is 1.63. The summed E-state index contributed by atoms with van der Waals surface area (Å²) in [6, 6.07) is 9.07. The standard InChI is InChI=1S/C18H19N5O2/c19-18(7-8-18)17-20-9-6-14(23-17)16(25)21-12-3-1-2-11(10-12)13-4-5-15(24)22-13/h1-3,6,9-10,13H,4-5,7-8,19H2,(H,21,25)(H,22,24). The fourth-order valence-corrected chi connectivity index (χ4v) is 2.98. The van der Waals surface area contributed by atoms with Crippen molar-refractivity contribution >= 4 is 17.5 Å². The SMILES string of the molecule is NC1(c2nccc(C(=O)Nc3cccc(C4CCC(=O)N4)c3)n2)CC1. The summed E-state index contributed by atoms with van der Waals surface area (Å²) in [4.78, 5) is 32.4. The second kappa shape index (κ2) is 5.93. The molecule has 1 saturated carbocycles. The highest BCUT2D eigenvalue weighted by molar-refractivity contribution is 6.02. The number of carbonyl (C=O) groups is 2. The van der Waals surface area contributed by atoms with Crippen molar-refractivity contribution in [1.82, 2.24) is 15.3 Å². The third-order valence-corrected chi connectivity index (χ3v) is 4.66. The van der Waals surface area contributed by atoms with Crippen LogP contribution < -0.4 is 16.4 Å². The summed E-state index contributed by atoms with van der Waals surface area (Å²) in [6.07, 6.45) is 4.55. The Morgan fingerprint density at radius 3 is 2.88 bits per heavy atom. The second-order valence-corrected chi connectivity index (χ2v) is 6.66. The van der Waals surface area contributed by atoms with Crippen molar-refractivity contribution in [3.63, 3.8) is 0 Å². The number of carbonyl (C=O) groups excluding carboxylic acids is 2. The van der Waals surface area contributed by atoms with Gasteiger partial charge in [0.15, 0.2) is 0 Å². The lowest BCUT2D eigenvalue weighted by molar-refractivity contribution is -0.119. The lowest BCUT2D eigenvalue weighted by Gasteiger charge is -2.13. The van der Waals surface area contributed by atoms with Gasteiger partial charge in [-0.05, 0) is 43.0 Å². The first-order valence-electron chi connectivity index (χ1n) is 8.37. The predicted molar refractivity (Wildman–Crippen MR) is 91.6 cm³/mol. The molecular formula is C18H19N5O2. The lowest BCUT2D eigenvalue weighted by atomic mass is 10.0. The van der Waals surface area contributed by atoms with E-state index in [-0.39, 0.29) is 17.9 Å². The topological polar surface area (TPSA) is 110 Å². The Balaban J connectivity index is 1.50. The van der Waals surface area contributed by atoms with Crippen LogP contribution in [-0.4, -0.2) is 21.8 Å². The molecule has 7 nitrogen and oxygen atoms in total. The molecule has 4 rings (SSSR count). The molecule has 1 saturated heterocycles. The molecule has 2 fully saturated rings. The fraction of sp³-hybridized carbons (Fsp3) is 0.333. The number of rotatable bonds is 4. The van der Waals surface area contributed by atoms with Crippen LogP contribution in [0, 0.1) is 0 Å². The molecule has 1 aromatic heterocycles. The van der Waals surface area contributed by atoms with Gasteiger partial charge in [-0.15, -0.1) is 0 Å². The van der Waals surface area contributed by atoms with Gasteiger partial charge in [-0.2, -0.15) is 0 Å². The maximum absolute atomic E-state index is 12.5. The zero-order valence-electron chi connectivity index (χ0n) is 13.7. The third-order valence-electron chi connectivity index (χ3n) is 4.66. The molecule has 1 aliphatic heterocycles. The third kappa shape index (κ3) is 3.23. The summed E-state index contributed by atoms with van der Waals surface area (Å²) in [5.41, 5.74) is 7.56. The number of nitrogens with zero attached hydrogens (tertiary/aromatic N) is 2. The van der Waals surface area contributed by atoms with Gasteiger partial charge in [-0.3, -0.25) is 9.59 Å². The molecule has 0 spiro atoms. The van der Waals surface area contributed by atoms with Crippen LogP contribution >= 0.6 is 0 Å². The largest absolute Gasteiger partial charge is 0.349 e. The first-order chi connectivity index (χ1) is 12.0.